The molecule has 2 amide bonds. The topological polar surface area (TPSA) is 166 Å². The van der Waals surface area contributed by atoms with Crippen molar-refractivity contribution in [2.45, 2.75) is 6.92 Å². The van der Waals surface area contributed by atoms with Crippen LogP contribution in [0.5, 0.6) is 11.5 Å². The van der Waals surface area contributed by atoms with Gasteiger partial charge < -0.3 is 10.1 Å². The summed E-state index contributed by atoms with van der Waals surface area (Å²) >= 11 is 3.32. The molecule has 0 bridgehead atoms. The first-order valence-corrected chi connectivity index (χ1v) is 10.5. The van der Waals surface area contributed by atoms with Crippen LogP contribution in [0.3, 0.4) is 0 Å². The van der Waals surface area contributed by atoms with Gasteiger partial charge in [-0.3, -0.25) is 29.8 Å². The molecule has 0 radical (unpaired) electrons. The number of nitro benzene ring substituents is 2. The zero-order chi connectivity index (χ0) is 25.5. The number of nitrogens with one attached hydrogen (secondary N) is 2. The zero-order valence-electron chi connectivity index (χ0n) is 17.9. The Bertz CT molecular complexity index is 1340. The van der Waals surface area contributed by atoms with Crippen molar-refractivity contribution in [3.05, 3.63) is 96.5 Å². The molecule has 0 aliphatic carbocycles. The predicted molar refractivity (Wildman–Crippen MR) is 130 cm³/mol. The molecule has 0 heterocycles. The lowest BCUT2D eigenvalue weighted by Gasteiger charge is -2.07. The van der Waals surface area contributed by atoms with Crippen molar-refractivity contribution in [3.8, 4) is 11.5 Å². The van der Waals surface area contributed by atoms with Crippen LogP contribution >= 0.6 is 15.9 Å². The van der Waals surface area contributed by atoms with Crippen LogP contribution in [0.2, 0.25) is 0 Å². The van der Waals surface area contributed by atoms with E-state index in [1.165, 1.54) is 18.3 Å². The van der Waals surface area contributed by atoms with Gasteiger partial charge in [-0.2, -0.15) is 5.10 Å². The van der Waals surface area contributed by atoms with E-state index in [4.69, 9.17) is 4.74 Å². The van der Waals surface area contributed by atoms with Crippen LogP contribution in [0.25, 0.3) is 0 Å². The summed E-state index contributed by atoms with van der Waals surface area (Å²) in [5.74, 6) is -1.79. The Morgan fingerprint density at radius 2 is 1.69 bits per heavy atom. The Morgan fingerprint density at radius 1 is 0.971 bits per heavy atom. The van der Waals surface area contributed by atoms with Gasteiger partial charge in [0.2, 0.25) is 5.75 Å². The first-order valence-electron chi connectivity index (χ1n) is 9.75. The normalized spacial score (nSPS) is 10.6. The average molecular weight is 542 g/mol. The van der Waals surface area contributed by atoms with E-state index < -0.39 is 33.0 Å². The molecule has 0 unspecified atom stereocenters. The van der Waals surface area contributed by atoms with E-state index >= 15 is 0 Å². The van der Waals surface area contributed by atoms with Crippen LogP contribution < -0.4 is 15.5 Å². The number of aryl methyl sites for hydroxylation is 1. The fraction of sp³-hybridized carbons (Fsp3) is 0.0455. The van der Waals surface area contributed by atoms with Gasteiger partial charge in [-0.15, -0.1) is 0 Å². The second-order valence-electron chi connectivity index (χ2n) is 6.95. The molecule has 0 saturated carbocycles. The van der Waals surface area contributed by atoms with E-state index in [1.54, 1.807) is 37.3 Å². The molecule has 3 rings (SSSR count). The van der Waals surface area contributed by atoms with Gasteiger partial charge in [-0.25, -0.2) is 5.43 Å². The van der Waals surface area contributed by atoms with Crippen molar-refractivity contribution >= 4 is 51.0 Å². The summed E-state index contributed by atoms with van der Waals surface area (Å²) in [5, 5.41) is 28.3. The van der Waals surface area contributed by atoms with Gasteiger partial charge in [-0.05, 0) is 66.6 Å². The molecule has 0 fully saturated rings. The summed E-state index contributed by atoms with van der Waals surface area (Å²) in [5.41, 5.74) is 2.92. The molecule has 35 heavy (non-hydrogen) atoms. The molecule has 3 aromatic rings. The molecule has 0 aliphatic heterocycles. The van der Waals surface area contributed by atoms with Gasteiger partial charge in [0.15, 0.2) is 0 Å². The summed E-state index contributed by atoms with van der Waals surface area (Å²) in [6.07, 6.45) is 1.29. The number of anilines is 1. The molecule has 12 nitrogen and oxygen atoms in total. The van der Waals surface area contributed by atoms with Gasteiger partial charge in [0.05, 0.1) is 22.1 Å². The Balaban J connectivity index is 1.60. The van der Waals surface area contributed by atoms with Gasteiger partial charge in [-0.1, -0.05) is 15.9 Å². The lowest BCUT2D eigenvalue weighted by molar-refractivity contribution is -0.394. The van der Waals surface area contributed by atoms with Gasteiger partial charge in [0, 0.05) is 16.2 Å². The minimum atomic E-state index is -0.964. The molecule has 13 heteroatoms. The largest absolute Gasteiger partial charge is 0.450 e. The highest BCUT2D eigenvalue weighted by atomic mass is 79.9. The number of hydrogen-bond donors (Lipinski definition) is 2. The molecular formula is C22H16BrN5O7. The van der Waals surface area contributed by atoms with Crippen molar-refractivity contribution in [2.24, 2.45) is 5.10 Å². The maximum atomic E-state index is 12.0. The van der Waals surface area contributed by atoms with Gasteiger partial charge >= 0.3 is 17.5 Å². The van der Waals surface area contributed by atoms with E-state index in [2.05, 4.69) is 31.8 Å². The number of carbonyl (C=O) groups is 2. The second kappa shape index (κ2) is 11.0. The van der Waals surface area contributed by atoms with E-state index in [0.717, 1.165) is 28.2 Å². The summed E-state index contributed by atoms with van der Waals surface area (Å²) in [6, 6.07) is 14.3. The number of carbonyl (C=O) groups excluding carboxylic acids is 2. The fourth-order valence-electron chi connectivity index (χ4n) is 2.76. The Labute approximate surface area is 206 Å². The van der Waals surface area contributed by atoms with Crippen molar-refractivity contribution in [2.75, 3.05) is 5.32 Å². The Hall–Kier alpha value is -4.65. The third kappa shape index (κ3) is 6.68. The average Bonchev–Trinajstić information content (AvgIpc) is 2.81. The monoisotopic (exact) mass is 541 g/mol. The molecule has 0 saturated heterocycles. The summed E-state index contributed by atoms with van der Waals surface area (Å²) in [7, 11) is 0. The lowest BCUT2D eigenvalue weighted by atomic mass is 10.2. The summed E-state index contributed by atoms with van der Waals surface area (Å²) < 4.78 is 6.31. The van der Waals surface area contributed by atoms with Crippen LogP contribution in [0.4, 0.5) is 17.1 Å². The zero-order valence-corrected chi connectivity index (χ0v) is 19.5. The number of amides is 2. The highest BCUT2D eigenvalue weighted by Gasteiger charge is 2.21. The van der Waals surface area contributed by atoms with E-state index in [1.807, 2.05) is 0 Å². The number of rotatable bonds is 7. The third-order valence-electron chi connectivity index (χ3n) is 4.48. The van der Waals surface area contributed by atoms with Crippen molar-refractivity contribution in [1.29, 1.82) is 0 Å². The fourth-order valence-corrected chi connectivity index (χ4v) is 3.24. The number of non-ortho nitro benzene ring substituents is 1. The molecule has 178 valence electrons. The maximum absolute atomic E-state index is 12.0. The quantitative estimate of drug-likeness (QED) is 0.193. The third-order valence-corrected chi connectivity index (χ3v) is 4.97. The SMILES string of the molecule is Cc1cc(Br)ccc1NC(=O)C(=O)N/N=C/c1ccc(Oc2ccc([N+](=O)[O-])cc2[N+](=O)[O-])cc1. The minimum Gasteiger partial charge on any atom is -0.450 e. The van der Waals surface area contributed by atoms with E-state index in [0.29, 0.717) is 11.3 Å². The van der Waals surface area contributed by atoms with Crippen molar-refractivity contribution in [3.63, 3.8) is 0 Å². The molecule has 3 aromatic carbocycles. The van der Waals surface area contributed by atoms with E-state index in [9.17, 15) is 29.8 Å². The first-order chi connectivity index (χ1) is 16.6. The number of hydrogen-bond acceptors (Lipinski definition) is 8. The van der Waals surface area contributed by atoms with Crippen molar-refractivity contribution < 1.29 is 24.2 Å². The minimum absolute atomic E-state index is 0.165. The molecule has 0 aromatic heterocycles. The van der Waals surface area contributed by atoms with Crippen molar-refractivity contribution in [1.82, 2.24) is 5.43 Å². The summed E-state index contributed by atoms with van der Waals surface area (Å²) in [4.78, 5) is 44.5. The van der Waals surface area contributed by atoms with E-state index in [-0.39, 0.29) is 11.5 Å². The predicted octanol–water partition coefficient (Wildman–Crippen LogP) is 4.46. The van der Waals surface area contributed by atoms with Crippen LogP contribution in [0.15, 0.2) is 70.2 Å². The van der Waals surface area contributed by atoms with Crippen LogP contribution in [0, 0.1) is 27.2 Å². The number of benzene rings is 3. The number of nitrogens with zero attached hydrogens (tertiary/aromatic N) is 3. The Kier molecular flexibility index (Phi) is 7.84. The Morgan fingerprint density at radius 3 is 2.31 bits per heavy atom. The van der Waals surface area contributed by atoms with Crippen LogP contribution in [-0.4, -0.2) is 27.9 Å². The summed E-state index contributed by atoms with van der Waals surface area (Å²) in [6.45, 7) is 1.78. The standard InChI is InChI=1S/C22H16BrN5O7/c1-13-10-15(23)4-8-18(13)25-21(29)22(30)26-24-12-14-2-6-17(7-3-14)35-20-9-5-16(27(31)32)11-19(20)28(33)34/h2-12H,1H3,(H,25,29)(H,26,30)/b24-12+. The number of nitro groups is 2. The first kappa shape index (κ1) is 25.0. The molecule has 2 N–H and O–H groups in total. The maximum Gasteiger partial charge on any atom is 0.329 e. The van der Waals surface area contributed by atoms with Crippen LogP contribution in [0.1, 0.15) is 11.1 Å². The molecule has 0 aliphatic rings. The number of halogens is 1. The lowest BCUT2D eigenvalue weighted by Crippen LogP contribution is -2.32. The highest BCUT2D eigenvalue weighted by Crippen LogP contribution is 2.34. The number of hydrazone groups is 1. The molecule has 0 spiro atoms. The van der Waals surface area contributed by atoms with Crippen LogP contribution in [-0.2, 0) is 9.59 Å². The van der Waals surface area contributed by atoms with Gasteiger partial charge in [0.25, 0.3) is 5.69 Å². The second-order valence-corrected chi connectivity index (χ2v) is 7.87. The van der Waals surface area contributed by atoms with Gasteiger partial charge in [0.1, 0.15) is 5.75 Å². The highest BCUT2D eigenvalue weighted by molar-refractivity contribution is 9.10. The number of ether oxygens (including phenoxy) is 1. The molecule has 0 atom stereocenters. The smallest absolute Gasteiger partial charge is 0.329 e. The molecular weight excluding hydrogens is 526 g/mol.